The highest BCUT2D eigenvalue weighted by Gasteiger charge is 2.30. The van der Waals surface area contributed by atoms with Gasteiger partial charge in [-0.05, 0) is 31.2 Å². The summed E-state index contributed by atoms with van der Waals surface area (Å²) in [7, 11) is -4.04. The van der Waals surface area contributed by atoms with E-state index in [0.29, 0.717) is 5.02 Å². The minimum Gasteiger partial charge on any atom is -0.449 e. The molecule has 1 rings (SSSR count). The van der Waals surface area contributed by atoms with E-state index in [-0.39, 0.29) is 4.90 Å². The van der Waals surface area contributed by atoms with Crippen molar-refractivity contribution in [3.05, 3.63) is 29.3 Å². The van der Waals surface area contributed by atoms with Crippen molar-refractivity contribution in [3.63, 3.8) is 0 Å². The molecule has 0 heterocycles. The van der Waals surface area contributed by atoms with Crippen LogP contribution < -0.4 is 4.72 Å². The van der Waals surface area contributed by atoms with Crippen molar-refractivity contribution in [1.29, 1.82) is 5.26 Å². The lowest BCUT2D eigenvalue weighted by molar-refractivity contribution is -0.146. The molecule has 0 amide bonds. The van der Waals surface area contributed by atoms with Crippen LogP contribution in [0, 0.1) is 11.3 Å². The Morgan fingerprint density at radius 1 is 1.48 bits per heavy atom. The van der Waals surface area contributed by atoms with Crippen LogP contribution in [0.3, 0.4) is 0 Å². The van der Waals surface area contributed by atoms with E-state index in [1.807, 2.05) is 4.72 Å². The molecule has 0 aliphatic carbocycles. The zero-order valence-electron chi connectivity index (χ0n) is 11.0. The SMILES string of the molecule is C[C@H](O)[C@@H](NS(=O)(=O)c1ccc(Cl)cc1)C(=O)OCC#N. The van der Waals surface area contributed by atoms with E-state index in [1.165, 1.54) is 31.2 Å². The van der Waals surface area contributed by atoms with Crippen molar-refractivity contribution >= 4 is 27.6 Å². The lowest BCUT2D eigenvalue weighted by Crippen LogP contribution is -2.48. The zero-order valence-corrected chi connectivity index (χ0v) is 12.6. The second-order valence-electron chi connectivity index (χ2n) is 4.06. The normalized spacial score (nSPS) is 14.0. The first-order valence-electron chi connectivity index (χ1n) is 5.77. The number of aliphatic hydroxyl groups is 1. The van der Waals surface area contributed by atoms with E-state index in [1.54, 1.807) is 6.07 Å². The first kappa shape index (κ1) is 17.4. The molecule has 0 bridgehead atoms. The molecule has 0 radical (unpaired) electrons. The molecule has 0 aromatic heterocycles. The van der Waals surface area contributed by atoms with Gasteiger partial charge in [0, 0.05) is 5.02 Å². The van der Waals surface area contributed by atoms with E-state index in [4.69, 9.17) is 16.9 Å². The van der Waals surface area contributed by atoms with Crippen molar-refractivity contribution in [1.82, 2.24) is 4.72 Å². The smallest absolute Gasteiger partial charge is 0.327 e. The maximum Gasteiger partial charge on any atom is 0.327 e. The Bertz CT molecular complexity index is 637. The Morgan fingerprint density at radius 3 is 2.52 bits per heavy atom. The van der Waals surface area contributed by atoms with Crippen LogP contribution in [0.15, 0.2) is 29.2 Å². The molecule has 21 heavy (non-hydrogen) atoms. The second kappa shape index (κ2) is 7.38. The molecule has 2 N–H and O–H groups in total. The largest absolute Gasteiger partial charge is 0.449 e. The number of rotatable bonds is 6. The van der Waals surface area contributed by atoms with E-state index in [9.17, 15) is 18.3 Å². The van der Waals surface area contributed by atoms with Crippen molar-refractivity contribution < 1.29 is 23.1 Å². The molecule has 0 saturated carbocycles. The van der Waals surface area contributed by atoms with Crippen LogP contribution in [-0.4, -0.2) is 38.2 Å². The number of halogens is 1. The Hall–Kier alpha value is -1.66. The first-order chi connectivity index (χ1) is 9.77. The third-order valence-corrected chi connectivity index (χ3v) is 4.13. The highest BCUT2D eigenvalue weighted by Crippen LogP contribution is 2.15. The maximum atomic E-state index is 12.1. The highest BCUT2D eigenvalue weighted by atomic mass is 35.5. The fourth-order valence-electron chi connectivity index (χ4n) is 1.39. The van der Waals surface area contributed by atoms with Crippen molar-refractivity contribution in [2.75, 3.05) is 6.61 Å². The standard InChI is InChI=1S/C12H13ClN2O5S/c1-8(16)11(12(17)20-7-6-14)15-21(18,19)10-4-2-9(13)3-5-10/h2-5,8,11,15-16H,7H2,1H3/t8-,11+/m0/s1. The van der Waals surface area contributed by atoms with Gasteiger partial charge in [0.15, 0.2) is 6.61 Å². The van der Waals surface area contributed by atoms with Crippen LogP contribution in [0.25, 0.3) is 0 Å². The Labute approximate surface area is 127 Å². The first-order valence-corrected chi connectivity index (χ1v) is 7.63. The van der Waals surface area contributed by atoms with Crippen LogP contribution in [0.1, 0.15) is 6.92 Å². The minimum absolute atomic E-state index is 0.120. The van der Waals surface area contributed by atoms with Gasteiger partial charge in [-0.2, -0.15) is 9.98 Å². The van der Waals surface area contributed by atoms with Gasteiger partial charge in [-0.1, -0.05) is 11.6 Å². The van der Waals surface area contributed by atoms with E-state index in [2.05, 4.69) is 4.74 Å². The van der Waals surface area contributed by atoms with Crippen LogP contribution in [0.5, 0.6) is 0 Å². The van der Waals surface area contributed by atoms with Gasteiger partial charge < -0.3 is 9.84 Å². The van der Waals surface area contributed by atoms with E-state index in [0.717, 1.165) is 0 Å². The average Bonchev–Trinajstić information content (AvgIpc) is 2.42. The summed E-state index contributed by atoms with van der Waals surface area (Å²) in [5.74, 6) is -1.04. The monoisotopic (exact) mass is 332 g/mol. The Morgan fingerprint density at radius 2 is 2.05 bits per heavy atom. The van der Waals surface area contributed by atoms with E-state index < -0.39 is 34.7 Å². The van der Waals surface area contributed by atoms with Crippen LogP contribution in [0.4, 0.5) is 0 Å². The summed E-state index contributed by atoms with van der Waals surface area (Å²) in [4.78, 5) is 11.5. The predicted octanol–water partition coefficient (Wildman–Crippen LogP) is 0.434. The third-order valence-electron chi connectivity index (χ3n) is 2.42. The van der Waals surface area contributed by atoms with Gasteiger partial charge in [0.2, 0.25) is 10.0 Å². The van der Waals surface area contributed by atoms with Crippen LogP contribution in [-0.2, 0) is 19.6 Å². The van der Waals surface area contributed by atoms with Gasteiger partial charge >= 0.3 is 5.97 Å². The number of aliphatic hydroxyl groups excluding tert-OH is 1. The lowest BCUT2D eigenvalue weighted by atomic mass is 10.2. The lowest BCUT2D eigenvalue weighted by Gasteiger charge is -2.19. The number of hydrogen-bond donors (Lipinski definition) is 2. The van der Waals surface area contributed by atoms with Gasteiger partial charge in [0.25, 0.3) is 0 Å². The van der Waals surface area contributed by atoms with E-state index >= 15 is 0 Å². The molecule has 0 fully saturated rings. The maximum absolute atomic E-state index is 12.1. The number of carbonyl (C=O) groups is 1. The highest BCUT2D eigenvalue weighted by molar-refractivity contribution is 7.89. The number of nitrogens with zero attached hydrogens (tertiary/aromatic N) is 1. The number of sulfonamides is 1. The zero-order chi connectivity index (χ0) is 16.0. The molecule has 2 atom stereocenters. The molecular formula is C12H13ClN2O5S. The van der Waals surface area contributed by atoms with Gasteiger partial charge in [-0.15, -0.1) is 0 Å². The summed E-state index contributed by atoms with van der Waals surface area (Å²) in [6.07, 6.45) is -1.33. The van der Waals surface area contributed by atoms with Crippen LogP contribution in [0.2, 0.25) is 5.02 Å². The predicted molar refractivity (Wildman–Crippen MR) is 73.8 cm³/mol. The molecule has 0 aliphatic rings. The number of nitriles is 1. The summed E-state index contributed by atoms with van der Waals surface area (Å²) < 4.78 is 30.7. The Kier molecular flexibility index (Phi) is 6.11. The number of benzene rings is 1. The second-order valence-corrected chi connectivity index (χ2v) is 6.21. The molecule has 1 aromatic carbocycles. The molecule has 1 aromatic rings. The van der Waals surface area contributed by atoms with Crippen molar-refractivity contribution in [2.45, 2.75) is 24.0 Å². The number of carbonyl (C=O) groups excluding carboxylic acids is 1. The topological polar surface area (TPSA) is 116 Å². The number of ether oxygens (including phenoxy) is 1. The fraction of sp³-hybridized carbons (Fsp3) is 0.333. The molecule has 7 nitrogen and oxygen atoms in total. The molecule has 114 valence electrons. The number of esters is 1. The average molecular weight is 333 g/mol. The molecule has 9 heteroatoms. The molecule has 0 saturated heterocycles. The quantitative estimate of drug-likeness (QED) is 0.730. The van der Waals surface area contributed by atoms with Gasteiger partial charge in [-0.3, -0.25) is 4.79 Å². The summed E-state index contributed by atoms with van der Waals surface area (Å²) >= 11 is 5.67. The number of nitrogens with one attached hydrogen (secondary N) is 1. The molecule has 0 unspecified atom stereocenters. The summed E-state index contributed by atoms with van der Waals surface area (Å²) in [5.41, 5.74) is 0. The Balaban J connectivity index is 2.95. The van der Waals surface area contributed by atoms with Crippen molar-refractivity contribution in [3.8, 4) is 6.07 Å². The summed E-state index contributed by atoms with van der Waals surface area (Å²) in [6.45, 7) is 0.688. The summed E-state index contributed by atoms with van der Waals surface area (Å²) in [5, 5.41) is 18.2. The van der Waals surface area contributed by atoms with Gasteiger partial charge in [0.1, 0.15) is 12.1 Å². The molecular weight excluding hydrogens is 320 g/mol. The van der Waals surface area contributed by atoms with Crippen LogP contribution >= 0.6 is 11.6 Å². The van der Waals surface area contributed by atoms with Gasteiger partial charge in [0.05, 0.1) is 11.0 Å². The minimum atomic E-state index is -4.04. The molecule has 0 aliphatic heterocycles. The summed E-state index contributed by atoms with van der Waals surface area (Å²) in [6, 6.07) is 5.32. The fourth-order valence-corrected chi connectivity index (χ4v) is 2.77. The number of hydrogen-bond acceptors (Lipinski definition) is 6. The van der Waals surface area contributed by atoms with Gasteiger partial charge in [-0.25, -0.2) is 8.42 Å². The molecule has 0 spiro atoms. The van der Waals surface area contributed by atoms with Crippen molar-refractivity contribution in [2.24, 2.45) is 0 Å². The third kappa shape index (κ3) is 4.99.